The molecule has 78 valence electrons. The average molecular weight is 237 g/mol. The van der Waals surface area contributed by atoms with Gasteiger partial charge < -0.3 is 4.90 Å². The Labute approximate surface area is 96.8 Å². The van der Waals surface area contributed by atoms with Gasteiger partial charge in [0.15, 0.2) is 6.29 Å². The van der Waals surface area contributed by atoms with Gasteiger partial charge in [0.2, 0.25) is 0 Å². The zero-order valence-electron chi connectivity index (χ0n) is 8.34. The molecule has 2 nitrogen and oxygen atoms in total. The molecule has 0 atom stereocenters. The van der Waals surface area contributed by atoms with E-state index in [-0.39, 0.29) is 0 Å². The molecule has 0 aliphatic heterocycles. The maximum absolute atomic E-state index is 10.6. The summed E-state index contributed by atoms with van der Waals surface area (Å²) >= 11 is 3.28. The van der Waals surface area contributed by atoms with Crippen LogP contribution in [0.25, 0.3) is 0 Å². The maximum Gasteiger partial charge on any atom is 0.160 e. The molecule has 0 aliphatic carbocycles. The summed E-state index contributed by atoms with van der Waals surface area (Å²) in [5, 5.41) is 3.21. The van der Waals surface area contributed by atoms with E-state index < -0.39 is 0 Å². The summed E-state index contributed by atoms with van der Waals surface area (Å²) in [5.41, 5.74) is 0. The van der Waals surface area contributed by atoms with Gasteiger partial charge in [-0.2, -0.15) is 0 Å². The van der Waals surface area contributed by atoms with Crippen LogP contribution in [0.5, 0.6) is 0 Å². The van der Waals surface area contributed by atoms with Crippen molar-refractivity contribution in [3.63, 3.8) is 0 Å². The topological polar surface area (TPSA) is 20.3 Å². The Bertz CT molecular complexity index is 433. The highest BCUT2D eigenvalue weighted by atomic mass is 32.1. The summed E-state index contributed by atoms with van der Waals surface area (Å²) in [4.78, 5) is 14.8. The molecule has 0 N–H and O–H groups in total. The Kier molecular flexibility index (Phi) is 3.18. The first-order valence-corrected chi connectivity index (χ1v) is 6.28. The van der Waals surface area contributed by atoms with Crippen molar-refractivity contribution in [1.29, 1.82) is 0 Å². The van der Waals surface area contributed by atoms with Gasteiger partial charge >= 0.3 is 0 Å². The lowest BCUT2D eigenvalue weighted by molar-refractivity contribution is 0.112. The van der Waals surface area contributed by atoms with Crippen LogP contribution in [0, 0.1) is 0 Å². The smallest absolute Gasteiger partial charge is 0.160 e. The monoisotopic (exact) mass is 237 g/mol. The predicted octanol–water partition coefficient (Wildman–Crippen LogP) is 3.26. The highest BCUT2D eigenvalue weighted by molar-refractivity contribution is 7.17. The van der Waals surface area contributed by atoms with E-state index in [9.17, 15) is 4.79 Å². The van der Waals surface area contributed by atoms with Crippen LogP contribution in [0.4, 0.5) is 5.00 Å². The van der Waals surface area contributed by atoms with Gasteiger partial charge in [0.25, 0.3) is 0 Å². The summed E-state index contributed by atoms with van der Waals surface area (Å²) in [6.07, 6.45) is 0.896. The summed E-state index contributed by atoms with van der Waals surface area (Å²) in [7, 11) is 2.04. The normalized spacial score (nSPS) is 10.2. The molecular formula is C11H11NOS2. The van der Waals surface area contributed by atoms with E-state index in [2.05, 4.69) is 22.4 Å². The van der Waals surface area contributed by atoms with Crippen LogP contribution in [0.3, 0.4) is 0 Å². The standard InChI is InChI=1S/C11H11NOS2/c1-12(7-9-3-2-6-14-9)11-5-4-10(8-13)15-11/h2-6,8H,7H2,1H3. The second-order valence-corrected chi connectivity index (χ2v) is 5.36. The summed E-state index contributed by atoms with van der Waals surface area (Å²) in [6, 6.07) is 8.02. The van der Waals surface area contributed by atoms with Crippen LogP contribution >= 0.6 is 22.7 Å². The van der Waals surface area contributed by atoms with E-state index in [1.807, 2.05) is 19.2 Å². The van der Waals surface area contributed by atoms with Crippen LogP contribution in [-0.4, -0.2) is 13.3 Å². The van der Waals surface area contributed by atoms with Gasteiger partial charge in [0.05, 0.1) is 16.4 Å². The van der Waals surface area contributed by atoms with Crippen molar-refractivity contribution in [3.05, 3.63) is 39.4 Å². The lowest BCUT2D eigenvalue weighted by atomic mass is 10.4. The predicted molar refractivity (Wildman–Crippen MR) is 66.1 cm³/mol. The number of hydrogen-bond acceptors (Lipinski definition) is 4. The molecule has 2 aromatic heterocycles. The summed E-state index contributed by atoms with van der Waals surface area (Å²) < 4.78 is 0. The Morgan fingerprint density at radius 3 is 2.87 bits per heavy atom. The molecule has 2 aromatic rings. The maximum atomic E-state index is 10.6. The van der Waals surface area contributed by atoms with Gasteiger partial charge in [-0.1, -0.05) is 6.07 Å². The molecule has 0 aromatic carbocycles. The molecule has 0 bridgehead atoms. The highest BCUT2D eigenvalue weighted by Crippen LogP contribution is 2.25. The Morgan fingerprint density at radius 2 is 2.27 bits per heavy atom. The van der Waals surface area contributed by atoms with Crippen molar-refractivity contribution in [3.8, 4) is 0 Å². The third-order valence-electron chi connectivity index (χ3n) is 2.08. The number of thiophene rings is 2. The van der Waals surface area contributed by atoms with E-state index in [1.54, 1.807) is 11.3 Å². The fourth-order valence-corrected chi connectivity index (χ4v) is 2.86. The molecule has 2 heterocycles. The fraction of sp³-hybridized carbons (Fsp3) is 0.182. The molecule has 2 rings (SSSR count). The van der Waals surface area contributed by atoms with Crippen LogP contribution in [0.2, 0.25) is 0 Å². The lowest BCUT2D eigenvalue weighted by Gasteiger charge is -2.15. The minimum absolute atomic E-state index is 0.781. The molecule has 0 saturated heterocycles. The average Bonchev–Trinajstić information content (AvgIpc) is 2.86. The fourth-order valence-electron chi connectivity index (χ4n) is 1.32. The highest BCUT2D eigenvalue weighted by Gasteiger charge is 2.05. The van der Waals surface area contributed by atoms with Gasteiger partial charge in [0, 0.05) is 11.9 Å². The minimum Gasteiger partial charge on any atom is -0.361 e. The zero-order valence-corrected chi connectivity index (χ0v) is 9.98. The second kappa shape index (κ2) is 4.59. The molecule has 0 unspecified atom stereocenters. The third kappa shape index (κ3) is 2.46. The molecule has 15 heavy (non-hydrogen) atoms. The Morgan fingerprint density at radius 1 is 1.40 bits per heavy atom. The van der Waals surface area contributed by atoms with E-state index in [0.29, 0.717) is 0 Å². The third-order valence-corrected chi connectivity index (χ3v) is 4.06. The van der Waals surface area contributed by atoms with Crippen LogP contribution in [-0.2, 0) is 6.54 Å². The molecule has 4 heteroatoms. The first kappa shape index (κ1) is 10.4. The SMILES string of the molecule is CN(Cc1cccs1)c1ccc(C=O)s1. The molecule has 0 radical (unpaired) electrons. The quantitative estimate of drug-likeness (QED) is 0.761. The summed E-state index contributed by atoms with van der Waals surface area (Å²) in [5.74, 6) is 0. The zero-order chi connectivity index (χ0) is 10.7. The first-order chi connectivity index (χ1) is 7.29. The van der Waals surface area contributed by atoms with E-state index in [0.717, 1.165) is 22.7 Å². The van der Waals surface area contributed by atoms with Gasteiger partial charge in [-0.15, -0.1) is 22.7 Å². The Balaban J connectivity index is 2.07. The van der Waals surface area contributed by atoms with Crippen molar-refractivity contribution in [1.82, 2.24) is 0 Å². The summed E-state index contributed by atoms with van der Waals surface area (Å²) in [6.45, 7) is 0.899. The molecule has 0 saturated carbocycles. The number of rotatable bonds is 4. The lowest BCUT2D eigenvalue weighted by Crippen LogP contribution is -2.13. The molecule has 0 spiro atoms. The number of aldehydes is 1. The molecule has 0 aliphatic rings. The number of carbonyl (C=O) groups is 1. The van der Waals surface area contributed by atoms with Crippen LogP contribution in [0.1, 0.15) is 14.5 Å². The van der Waals surface area contributed by atoms with Gasteiger partial charge in [-0.05, 0) is 23.6 Å². The number of anilines is 1. The first-order valence-electron chi connectivity index (χ1n) is 4.58. The van der Waals surface area contributed by atoms with Crippen LogP contribution < -0.4 is 4.90 Å². The van der Waals surface area contributed by atoms with Crippen LogP contribution in [0.15, 0.2) is 29.6 Å². The number of hydrogen-bond donors (Lipinski definition) is 0. The largest absolute Gasteiger partial charge is 0.361 e. The van der Waals surface area contributed by atoms with Crippen molar-refractivity contribution >= 4 is 34.0 Å². The molecular weight excluding hydrogens is 226 g/mol. The van der Waals surface area contributed by atoms with Crippen molar-refractivity contribution < 1.29 is 4.79 Å². The minimum atomic E-state index is 0.781. The van der Waals surface area contributed by atoms with E-state index in [1.165, 1.54) is 16.2 Å². The number of nitrogens with zero attached hydrogens (tertiary/aromatic N) is 1. The van der Waals surface area contributed by atoms with Gasteiger partial charge in [-0.25, -0.2) is 0 Å². The van der Waals surface area contributed by atoms with Gasteiger partial charge in [0.1, 0.15) is 0 Å². The molecule has 0 fully saturated rings. The second-order valence-electron chi connectivity index (χ2n) is 3.23. The van der Waals surface area contributed by atoms with E-state index >= 15 is 0 Å². The van der Waals surface area contributed by atoms with E-state index in [4.69, 9.17) is 0 Å². The van der Waals surface area contributed by atoms with Crippen molar-refractivity contribution in [2.45, 2.75) is 6.54 Å². The Hall–Kier alpha value is -1.13. The van der Waals surface area contributed by atoms with Crippen molar-refractivity contribution in [2.24, 2.45) is 0 Å². The van der Waals surface area contributed by atoms with Gasteiger partial charge in [-0.3, -0.25) is 4.79 Å². The molecule has 0 amide bonds. The number of carbonyl (C=O) groups excluding carboxylic acids is 1. The van der Waals surface area contributed by atoms with Crippen molar-refractivity contribution in [2.75, 3.05) is 11.9 Å².